The summed E-state index contributed by atoms with van der Waals surface area (Å²) in [6, 6.07) is 3.64. The highest BCUT2D eigenvalue weighted by Crippen LogP contribution is 2.26. The first-order valence-electron chi connectivity index (χ1n) is 6.21. The zero-order valence-electron chi connectivity index (χ0n) is 11.0. The van der Waals surface area contributed by atoms with Crippen LogP contribution in [-0.4, -0.2) is 19.4 Å². The van der Waals surface area contributed by atoms with E-state index in [1.54, 1.807) is 12.4 Å². The van der Waals surface area contributed by atoms with Crippen molar-refractivity contribution in [2.24, 2.45) is 0 Å². The molecule has 0 aliphatic heterocycles. The van der Waals surface area contributed by atoms with E-state index in [0.717, 1.165) is 17.4 Å². The number of halogens is 2. The molecule has 0 fully saturated rings. The summed E-state index contributed by atoms with van der Waals surface area (Å²) in [5, 5.41) is 0.0267. The maximum Gasteiger partial charge on any atom is 0.223 e. The standard InChI is InChI=1S/C14H12ClFN4/c1-8(2)12-11-5-9(3-4-20(11)7-18-12)13-10(16)6-17-14(15)19-13/h3-8H,1-2H3. The molecule has 0 radical (unpaired) electrons. The molecule has 20 heavy (non-hydrogen) atoms. The molecule has 3 aromatic heterocycles. The first-order chi connectivity index (χ1) is 9.56. The molecule has 102 valence electrons. The van der Waals surface area contributed by atoms with Crippen molar-refractivity contribution >= 4 is 17.1 Å². The van der Waals surface area contributed by atoms with Crippen LogP contribution in [0.1, 0.15) is 25.5 Å². The van der Waals surface area contributed by atoms with Crippen LogP contribution < -0.4 is 0 Å². The fraction of sp³-hybridized carbons (Fsp3) is 0.214. The molecule has 4 nitrogen and oxygen atoms in total. The monoisotopic (exact) mass is 290 g/mol. The molecule has 3 heterocycles. The van der Waals surface area contributed by atoms with Gasteiger partial charge in [0.25, 0.3) is 0 Å². The molecule has 0 atom stereocenters. The van der Waals surface area contributed by atoms with Gasteiger partial charge in [-0.3, -0.25) is 0 Å². The van der Waals surface area contributed by atoms with Crippen LogP contribution in [0.15, 0.2) is 30.9 Å². The zero-order valence-corrected chi connectivity index (χ0v) is 11.8. The normalized spacial score (nSPS) is 11.4. The molecule has 6 heteroatoms. The molecule has 0 spiro atoms. The van der Waals surface area contributed by atoms with Gasteiger partial charge in [0.05, 0.1) is 23.7 Å². The second kappa shape index (κ2) is 4.83. The summed E-state index contributed by atoms with van der Waals surface area (Å²) < 4.78 is 15.7. The first kappa shape index (κ1) is 13.0. The van der Waals surface area contributed by atoms with Crippen molar-refractivity contribution in [2.45, 2.75) is 19.8 Å². The second-order valence-corrected chi connectivity index (χ2v) is 5.17. The van der Waals surface area contributed by atoms with Gasteiger partial charge in [-0.15, -0.1) is 0 Å². The molecular formula is C14H12ClFN4. The lowest BCUT2D eigenvalue weighted by atomic mass is 10.1. The summed E-state index contributed by atoms with van der Waals surface area (Å²) in [7, 11) is 0. The third-order valence-electron chi connectivity index (χ3n) is 3.10. The van der Waals surface area contributed by atoms with Gasteiger partial charge in [0, 0.05) is 11.8 Å². The largest absolute Gasteiger partial charge is 0.306 e. The maximum absolute atomic E-state index is 13.8. The van der Waals surface area contributed by atoms with E-state index in [9.17, 15) is 4.39 Å². The molecule has 0 bridgehead atoms. The van der Waals surface area contributed by atoms with Crippen molar-refractivity contribution in [3.8, 4) is 11.3 Å². The van der Waals surface area contributed by atoms with E-state index in [-0.39, 0.29) is 16.9 Å². The smallest absolute Gasteiger partial charge is 0.223 e. The molecule has 0 aliphatic rings. The van der Waals surface area contributed by atoms with Crippen molar-refractivity contribution in [3.05, 3.63) is 47.6 Å². The molecule has 0 saturated carbocycles. The van der Waals surface area contributed by atoms with Gasteiger partial charge >= 0.3 is 0 Å². The molecule has 3 aromatic rings. The van der Waals surface area contributed by atoms with Crippen molar-refractivity contribution in [1.29, 1.82) is 0 Å². The van der Waals surface area contributed by atoms with Gasteiger partial charge in [-0.1, -0.05) is 13.8 Å². The van der Waals surface area contributed by atoms with Crippen LogP contribution in [0.25, 0.3) is 16.8 Å². The molecule has 0 aliphatic carbocycles. The number of fused-ring (bicyclic) bond motifs is 1. The van der Waals surface area contributed by atoms with Crippen LogP contribution in [0.4, 0.5) is 4.39 Å². The van der Waals surface area contributed by atoms with Crippen molar-refractivity contribution in [2.75, 3.05) is 0 Å². The molecule has 0 amide bonds. The third kappa shape index (κ3) is 2.14. The van der Waals surface area contributed by atoms with E-state index in [0.29, 0.717) is 5.56 Å². The van der Waals surface area contributed by atoms with Gasteiger partial charge in [-0.25, -0.2) is 19.3 Å². The first-order valence-corrected chi connectivity index (χ1v) is 6.59. The lowest BCUT2D eigenvalue weighted by Gasteiger charge is -2.06. The van der Waals surface area contributed by atoms with Crippen LogP contribution in [0, 0.1) is 5.82 Å². The number of nitrogens with zero attached hydrogens (tertiary/aromatic N) is 4. The molecule has 0 unspecified atom stereocenters. The van der Waals surface area contributed by atoms with E-state index in [1.807, 2.05) is 16.7 Å². The lowest BCUT2D eigenvalue weighted by Crippen LogP contribution is -1.95. The summed E-state index contributed by atoms with van der Waals surface area (Å²) in [4.78, 5) is 12.0. The fourth-order valence-corrected chi connectivity index (χ4v) is 2.28. The van der Waals surface area contributed by atoms with Gasteiger partial charge in [0.15, 0.2) is 5.82 Å². The Hall–Kier alpha value is -2.01. The SMILES string of the molecule is CC(C)c1ncn2ccc(-c3nc(Cl)ncc3F)cc12. The second-order valence-electron chi connectivity index (χ2n) is 4.83. The number of hydrogen-bond donors (Lipinski definition) is 0. The number of rotatable bonds is 2. The van der Waals surface area contributed by atoms with Crippen LogP contribution in [0.3, 0.4) is 0 Å². The summed E-state index contributed by atoms with van der Waals surface area (Å²) in [5.74, 6) is -0.210. The van der Waals surface area contributed by atoms with Crippen LogP contribution in [0.2, 0.25) is 5.28 Å². The van der Waals surface area contributed by atoms with E-state index in [4.69, 9.17) is 11.6 Å². The maximum atomic E-state index is 13.8. The van der Waals surface area contributed by atoms with E-state index in [2.05, 4.69) is 28.8 Å². The highest BCUT2D eigenvalue weighted by molar-refractivity contribution is 6.28. The fourth-order valence-electron chi connectivity index (χ4n) is 2.15. The van der Waals surface area contributed by atoms with E-state index in [1.165, 1.54) is 0 Å². The minimum absolute atomic E-state index is 0.0267. The van der Waals surface area contributed by atoms with Gasteiger partial charge in [-0.05, 0) is 29.7 Å². The summed E-state index contributed by atoms with van der Waals surface area (Å²) in [5.41, 5.74) is 2.75. The van der Waals surface area contributed by atoms with Gasteiger partial charge in [0.1, 0.15) is 5.69 Å². The van der Waals surface area contributed by atoms with Crippen LogP contribution >= 0.6 is 11.6 Å². The Labute approximate surface area is 120 Å². The highest BCUT2D eigenvalue weighted by atomic mass is 35.5. The van der Waals surface area contributed by atoms with Crippen molar-refractivity contribution in [1.82, 2.24) is 19.4 Å². The topological polar surface area (TPSA) is 43.1 Å². The molecule has 0 N–H and O–H groups in total. The molecule has 0 saturated heterocycles. The minimum atomic E-state index is -0.496. The third-order valence-corrected chi connectivity index (χ3v) is 3.29. The Kier molecular flexibility index (Phi) is 3.14. The van der Waals surface area contributed by atoms with Gasteiger partial charge in [0.2, 0.25) is 5.28 Å². The van der Waals surface area contributed by atoms with Crippen LogP contribution in [-0.2, 0) is 0 Å². The Bertz CT molecular complexity index is 782. The Morgan fingerprint density at radius 3 is 2.85 bits per heavy atom. The number of hydrogen-bond acceptors (Lipinski definition) is 3. The average Bonchev–Trinajstić information content (AvgIpc) is 2.84. The molecule has 0 aromatic carbocycles. The summed E-state index contributed by atoms with van der Waals surface area (Å²) in [6.07, 6.45) is 4.66. The quantitative estimate of drug-likeness (QED) is 0.676. The number of pyridine rings is 1. The number of aromatic nitrogens is 4. The van der Waals surface area contributed by atoms with Crippen molar-refractivity contribution in [3.63, 3.8) is 0 Å². The Morgan fingerprint density at radius 2 is 2.10 bits per heavy atom. The summed E-state index contributed by atoms with van der Waals surface area (Å²) >= 11 is 5.74. The highest BCUT2D eigenvalue weighted by Gasteiger charge is 2.13. The van der Waals surface area contributed by atoms with E-state index < -0.39 is 5.82 Å². The van der Waals surface area contributed by atoms with Crippen molar-refractivity contribution < 1.29 is 4.39 Å². The van der Waals surface area contributed by atoms with E-state index >= 15 is 0 Å². The Balaban J connectivity index is 2.21. The lowest BCUT2D eigenvalue weighted by molar-refractivity contribution is 0.618. The predicted molar refractivity (Wildman–Crippen MR) is 75.3 cm³/mol. The number of imidazole rings is 1. The van der Waals surface area contributed by atoms with Gasteiger partial charge < -0.3 is 4.40 Å². The minimum Gasteiger partial charge on any atom is -0.306 e. The molecular weight excluding hydrogens is 279 g/mol. The summed E-state index contributed by atoms with van der Waals surface area (Å²) in [6.45, 7) is 4.13. The average molecular weight is 291 g/mol. The van der Waals surface area contributed by atoms with Gasteiger partial charge in [-0.2, -0.15) is 0 Å². The predicted octanol–water partition coefficient (Wildman–Crippen LogP) is 3.71. The van der Waals surface area contributed by atoms with Crippen LogP contribution in [0.5, 0.6) is 0 Å². The zero-order chi connectivity index (χ0) is 14.3. The Morgan fingerprint density at radius 1 is 1.30 bits per heavy atom. The molecule has 3 rings (SSSR count).